The van der Waals surface area contributed by atoms with Crippen LogP contribution in [0.3, 0.4) is 0 Å². The van der Waals surface area contributed by atoms with E-state index in [2.05, 4.69) is 26.1 Å². The predicted octanol–water partition coefficient (Wildman–Crippen LogP) is 5.66. The number of rotatable bonds is 15. The van der Waals surface area contributed by atoms with Gasteiger partial charge in [-0.1, -0.05) is 88.4 Å². The predicted molar refractivity (Wildman–Crippen MR) is 222 cm³/mol. The molecule has 0 bridgehead atoms. The first-order valence-electron chi connectivity index (χ1n) is 20.9. The molecule has 13 heteroatoms. The number of carbonyl (C=O) groups is 5. The van der Waals surface area contributed by atoms with Gasteiger partial charge in [-0.15, -0.1) is 0 Å². The second-order valence-corrected chi connectivity index (χ2v) is 17.6. The van der Waals surface area contributed by atoms with E-state index in [1.807, 2.05) is 83.3 Å². The number of aryl methyl sites for hydroxylation is 1. The number of oxime groups is 1. The van der Waals surface area contributed by atoms with Crippen LogP contribution in [0.25, 0.3) is 10.9 Å². The van der Waals surface area contributed by atoms with Crippen molar-refractivity contribution in [3.63, 3.8) is 0 Å². The first kappa shape index (κ1) is 42.4. The lowest BCUT2D eigenvalue weighted by molar-refractivity contribution is -0.145. The van der Waals surface area contributed by atoms with Crippen LogP contribution in [0, 0.1) is 18.3 Å². The lowest BCUT2D eigenvalue weighted by Crippen LogP contribution is -2.59. The van der Waals surface area contributed by atoms with Gasteiger partial charge in [0.05, 0.1) is 25.4 Å². The van der Waals surface area contributed by atoms with E-state index in [1.54, 1.807) is 7.11 Å². The Hall–Kier alpha value is -5.20. The van der Waals surface area contributed by atoms with E-state index < -0.39 is 52.6 Å². The molecule has 1 saturated carbocycles. The van der Waals surface area contributed by atoms with Crippen LogP contribution in [0.1, 0.15) is 109 Å². The second kappa shape index (κ2) is 18.2. The zero-order valence-corrected chi connectivity index (χ0v) is 34.9. The molecule has 4 amide bonds. The van der Waals surface area contributed by atoms with Gasteiger partial charge in [0.2, 0.25) is 23.5 Å². The number of nitrogens with zero attached hydrogens (tertiary/aromatic N) is 2. The first-order chi connectivity index (χ1) is 27.7. The van der Waals surface area contributed by atoms with E-state index in [9.17, 15) is 24.0 Å². The van der Waals surface area contributed by atoms with Crippen molar-refractivity contribution in [2.24, 2.45) is 16.5 Å². The standard InChI is InChI=1S/C45H60N6O7/c1-7-12-34(39(53)42(55)46-20-19-31-26-47-35-23-32(57-6)17-18-33(31)35)48-41(54)37-25-45(24-36(50-58-45)30-16-11-13-28(2)21-30)27-51(37)43(56)40(44(3,4)5)49-38(52)22-29-14-9-8-10-15-29/h11,13,16-18,21,23,26,29,34,37,40,47H,7-10,12,14-15,19-20,22,24-25,27H2,1-6H3,(H,46,55)(H,48,54)(H,49,52)/t34-,37-,40+,45+/m0/s1. The number of H-pyrrole nitrogens is 1. The van der Waals surface area contributed by atoms with E-state index in [0.29, 0.717) is 31.4 Å². The van der Waals surface area contributed by atoms with Gasteiger partial charge in [0.1, 0.15) is 17.8 Å². The molecule has 4 N–H and O–H groups in total. The molecule has 2 aliphatic heterocycles. The Bertz CT molecular complexity index is 2030. The molecule has 312 valence electrons. The number of aromatic nitrogens is 1. The molecule has 1 spiro atoms. The van der Waals surface area contributed by atoms with Gasteiger partial charge in [0.15, 0.2) is 5.60 Å². The van der Waals surface area contributed by atoms with Crippen molar-refractivity contribution in [1.82, 2.24) is 25.8 Å². The second-order valence-electron chi connectivity index (χ2n) is 17.6. The van der Waals surface area contributed by atoms with Crippen molar-refractivity contribution in [2.75, 3.05) is 20.2 Å². The highest BCUT2D eigenvalue weighted by atomic mass is 16.7. The number of amides is 4. The summed E-state index contributed by atoms with van der Waals surface area (Å²) in [5, 5.41) is 14.1. The van der Waals surface area contributed by atoms with Crippen LogP contribution < -0.4 is 20.7 Å². The fourth-order valence-corrected chi connectivity index (χ4v) is 8.68. The molecular weight excluding hydrogens is 737 g/mol. The number of ketones is 1. The topological polar surface area (TPSA) is 171 Å². The lowest BCUT2D eigenvalue weighted by atomic mass is 9.84. The van der Waals surface area contributed by atoms with Gasteiger partial charge >= 0.3 is 0 Å². The van der Waals surface area contributed by atoms with Crippen LogP contribution in [0.15, 0.2) is 53.8 Å². The normalized spacial score (nSPS) is 20.6. The number of aromatic amines is 1. The molecule has 6 rings (SSSR count). The zero-order chi connectivity index (χ0) is 41.6. The monoisotopic (exact) mass is 796 g/mol. The quantitative estimate of drug-likeness (QED) is 0.144. The maximum Gasteiger partial charge on any atom is 0.289 e. The van der Waals surface area contributed by atoms with Crippen LogP contribution in [0.5, 0.6) is 5.75 Å². The summed E-state index contributed by atoms with van der Waals surface area (Å²) in [4.78, 5) is 80.5. The van der Waals surface area contributed by atoms with Crippen molar-refractivity contribution in [1.29, 1.82) is 0 Å². The van der Waals surface area contributed by atoms with Crippen molar-refractivity contribution in [2.45, 2.75) is 129 Å². The summed E-state index contributed by atoms with van der Waals surface area (Å²) < 4.78 is 5.31. The number of Topliss-reactive ketones (excluding diaryl/α,β-unsaturated/α-hetero) is 1. The van der Waals surface area contributed by atoms with Gasteiger partial charge in [0, 0.05) is 49.0 Å². The molecule has 13 nitrogen and oxygen atoms in total. The first-order valence-corrected chi connectivity index (χ1v) is 20.9. The third-order valence-electron chi connectivity index (χ3n) is 11.9. The summed E-state index contributed by atoms with van der Waals surface area (Å²) in [6.45, 7) is 9.83. The van der Waals surface area contributed by atoms with Crippen LogP contribution in [-0.2, 0) is 35.2 Å². The highest BCUT2D eigenvalue weighted by Crippen LogP contribution is 2.40. The lowest BCUT2D eigenvalue weighted by Gasteiger charge is -2.36. The molecule has 3 aromatic rings. The molecule has 3 heterocycles. The Kier molecular flexibility index (Phi) is 13.3. The summed E-state index contributed by atoms with van der Waals surface area (Å²) >= 11 is 0. The fourth-order valence-electron chi connectivity index (χ4n) is 8.68. The number of benzene rings is 2. The molecule has 1 aromatic heterocycles. The largest absolute Gasteiger partial charge is 0.497 e. The van der Waals surface area contributed by atoms with E-state index >= 15 is 0 Å². The maximum absolute atomic E-state index is 14.8. The Morgan fingerprint density at radius 2 is 1.83 bits per heavy atom. The van der Waals surface area contributed by atoms with E-state index in [4.69, 9.17) is 9.57 Å². The molecule has 58 heavy (non-hydrogen) atoms. The van der Waals surface area contributed by atoms with Gasteiger partial charge in [-0.3, -0.25) is 24.0 Å². The minimum absolute atomic E-state index is 0.0569. The summed E-state index contributed by atoms with van der Waals surface area (Å²) in [7, 11) is 1.61. The molecular formula is C45H60N6O7. The zero-order valence-electron chi connectivity index (χ0n) is 34.9. The van der Waals surface area contributed by atoms with Crippen LogP contribution in [0.2, 0.25) is 0 Å². The maximum atomic E-state index is 14.8. The molecule has 2 aromatic carbocycles. The molecule has 1 saturated heterocycles. The third-order valence-corrected chi connectivity index (χ3v) is 11.9. The average molecular weight is 797 g/mol. The molecule has 4 atom stereocenters. The van der Waals surface area contributed by atoms with E-state index in [1.165, 1.54) is 11.3 Å². The number of ether oxygens (including phenoxy) is 1. The van der Waals surface area contributed by atoms with Crippen molar-refractivity contribution in [3.8, 4) is 5.75 Å². The number of hydrogen-bond acceptors (Lipinski definition) is 8. The molecule has 0 unspecified atom stereocenters. The molecule has 3 aliphatic rings. The SMILES string of the molecule is CCC[C@H](NC(=O)[C@@H]1C[C@]2(CC(c3cccc(C)c3)=NO2)CN1C(=O)[C@@H](NC(=O)CC1CCCCC1)C(C)(C)C)C(=O)C(=O)NCCc1c[nH]c2cc(OC)ccc12. The highest BCUT2D eigenvalue weighted by Gasteiger charge is 2.55. The fraction of sp³-hybridized carbons (Fsp3) is 0.556. The third kappa shape index (κ3) is 9.90. The minimum atomic E-state index is -1.11. The van der Waals surface area contributed by atoms with Crippen molar-refractivity contribution >= 4 is 46.0 Å². The number of carbonyl (C=O) groups excluding carboxylic acids is 5. The van der Waals surface area contributed by atoms with Crippen LogP contribution >= 0.6 is 0 Å². The van der Waals surface area contributed by atoms with E-state index in [-0.39, 0.29) is 37.8 Å². The molecule has 1 aliphatic carbocycles. The number of nitrogens with one attached hydrogen (secondary N) is 4. The molecule has 2 fully saturated rings. The van der Waals surface area contributed by atoms with Gasteiger partial charge in [0.25, 0.3) is 5.91 Å². The van der Waals surface area contributed by atoms with E-state index in [0.717, 1.165) is 59.0 Å². The molecule has 0 radical (unpaired) electrons. The summed E-state index contributed by atoms with van der Waals surface area (Å²) in [5.74, 6) is -1.68. The van der Waals surface area contributed by atoms with Gasteiger partial charge in [-0.25, -0.2) is 0 Å². The number of hydrogen-bond donors (Lipinski definition) is 4. The summed E-state index contributed by atoms with van der Waals surface area (Å²) in [6.07, 6.45) is 9.30. The highest BCUT2D eigenvalue weighted by molar-refractivity contribution is 6.38. The Balaban J connectivity index is 1.17. The number of methoxy groups -OCH3 is 1. The van der Waals surface area contributed by atoms with Crippen LogP contribution in [-0.4, -0.2) is 88.9 Å². The smallest absolute Gasteiger partial charge is 0.289 e. The van der Waals surface area contributed by atoms with Crippen molar-refractivity contribution in [3.05, 3.63) is 65.4 Å². The van der Waals surface area contributed by atoms with Crippen LogP contribution in [0.4, 0.5) is 0 Å². The Morgan fingerprint density at radius 1 is 1.05 bits per heavy atom. The Morgan fingerprint density at radius 3 is 2.53 bits per heavy atom. The van der Waals surface area contributed by atoms with Gasteiger partial charge in [-0.05, 0) is 67.2 Å². The van der Waals surface area contributed by atoms with Crippen molar-refractivity contribution < 1.29 is 33.5 Å². The minimum Gasteiger partial charge on any atom is -0.497 e. The summed E-state index contributed by atoms with van der Waals surface area (Å²) in [5.41, 5.74) is 2.87. The number of likely N-dealkylation sites (tertiary alicyclic amines) is 1. The summed E-state index contributed by atoms with van der Waals surface area (Å²) in [6, 6.07) is 10.6. The van der Waals surface area contributed by atoms with Gasteiger partial charge < -0.3 is 35.4 Å². The Labute approximate surface area is 341 Å². The average Bonchev–Trinajstić information content (AvgIpc) is 3.92. The number of fused-ring (bicyclic) bond motifs is 1. The van der Waals surface area contributed by atoms with Gasteiger partial charge in [-0.2, -0.15) is 0 Å².